The lowest BCUT2D eigenvalue weighted by Gasteiger charge is -2.15. The SMILES string of the molecule is Cn1nc(C(F)(F)F)cc1NC(=O)Cc1ccccc1OC1CCOC1. The highest BCUT2D eigenvalue weighted by molar-refractivity contribution is 5.91. The number of halogens is 3. The lowest BCUT2D eigenvalue weighted by atomic mass is 10.1. The highest BCUT2D eigenvalue weighted by Gasteiger charge is 2.34. The quantitative estimate of drug-likeness (QED) is 0.880. The van der Waals surface area contributed by atoms with Crippen LogP contribution >= 0.6 is 0 Å². The maximum Gasteiger partial charge on any atom is 0.435 e. The third-order valence-electron chi connectivity index (χ3n) is 3.94. The van der Waals surface area contributed by atoms with Gasteiger partial charge in [0.15, 0.2) is 5.69 Å². The van der Waals surface area contributed by atoms with E-state index in [-0.39, 0.29) is 18.3 Å². The molecule has 0 bridgehead atoms. The van der Waals surface area contributed by atoms with Gasteiger partial charge < -0.3 is 14.8 Å². The number of nitrogens with zero attached hydrogens (tertiary/aromatic N) is 2. The Kier molecular flexibility index (Phi) is 5.17. The molecule has 0 radical (unpaired) electrons. The molecule has 140 valence electrons. The van der Waals surface area contributed by atoms with Crippen molar-refractivity contribution in [3.63, 3.8) is 0 Å². The maximum absolute atomic E-state index is 12.7. The zero-order valence-electron chi connectivity index (χ0n) is 14.0. The van der Waals surface area contributed by atoms with Gasteiger partial charge in [-0.3, -0.25) is 9.48 Å². The molecular weight excluding hydrogens is 351 g/mol. The number of carbonyl (C=O) groups is 1. The van der Waals surface area contributed by atoms with Crippen molar-refractivity contribution < 1.29 is 27.4 Å². The van der Waals surface area contributed by atoms with E-state index in [0.717, 1.165) is 17.2 Å². The van der Waals surface area contributed by atoms with Crippen LogP contribution in [0.25, 0.3) is 0 Å². The van der Waals surface area contributed by atoms with Gasteiger partial charge >= 0.3 is 6.18 Å². The molecular formula is C17H18F3N3O3. The number of anilines is 1. The molecule has 1 amide bonds. The Morgan fingerprint density at radius 2 is 2.19 bits per heavy atom. The fourth-order valence-corrected chi connectivity index (χ4v) is 2.63. The summed E-state index contributed by atoms with van der Waals surface area (Å²) in [7, 11) is 1.34. The van der Waals surface area contributed by atoms with E-state index in [1.54, 1.807) is 24.3 Å². The fraction of sp³-hybridized carbons (Fsp3) is 0.412. The number of alkyl halides is 3. The van der Waals surface area contributed by atoms with E-state index in [1.807, 2.05) is 0 Å². The lowest BCUT2D eigenvalue weighted by molar-refractivity contribution is -0.141. The van der Waals surface area contributed by atoms with E-state index in [4.69, 9.17) is 9.47 Å². The Hall–Kier alpha value is -2.55. The summed E-state index contributed by atoms with van der Waals surface area (Å²) >= 11 is 0. The summed E-state index contributed by atoms with van der Waals surface area (Å²) in [4.78, 5) is 12.3. The van der Waals surface area contributed by atoms with Crippen molar-refractivity contribution in [2.45, 2.75) is 25.1 Å². The molecule has 1 aliphatic heterocycles. The molecule has 1 unspecified atom stereocenters. The van der Waals surface area contributed by atoms with E-state index in [9.17, 15) is 18.0 Å². The van der Waals surface area contributed by atoms with E-state index >= 15 is 0 Å². The first-order chi connectivity index (χ1) is 12.3. The van der Waals surface area contributed by atoms with Gasteiger partial charge in [-0.2, -0.15) is 18.3 Å². The van der Waals surface area contributed by atoms with Gasteiger partial charge in [-0.05, 0) is 6.07 Å². The van der Waals surface area contributed by atoms with Crippen molar-refractivity contribution in [3.8, 4) is 5.75 Å². The molecule has 2 heterocycles. The molecule has 0 saturated carbocycles. The summed E-state index contributed by atoms with van der Waals surface area (Å²) in [5.41, 5.74) is -0.407. The zero-order valence-corrected chi connectivity index (χ0v) is 14.0. The largest absolute Gasteiger partial charge is 0.488 e. The predicted octanol–water partition coefficient (Wildman–Crippen LogP) is 2.79. The van der Waals surface area contributed by atoms with Gasteiger partial charge in [0.2, 0.25) is 5.91 Å². The molecule has 9 heteroatoms. The van der Waals surface area contributed by atoms with E-state index in [2.05, 4.69) is 10.4 Å². The van der Waals surface area contributed by atoms with E-state index < -0.39 is 17.8 Å². The minimum Gasteiger partial charge on any atom is -0.488 e. The van der Waals surface area contributed by atoms with Crippen LogP contribution < -0.4 is 10.1 Å². The zero-order chi connectivity index (χ0) is 18.7. The molecule has 1 aliphatic rings. The summed E-state index contributed by atoms with van der Waals surface area (Å²) < 4.78 is 50.2. The number of aryl methyl sites for hydroxylation is 1. The maximum atomic E-state index is 12.7. The van der Waals surface area contributed by atoms with Crippen LogP contribution in [0.1, 0.15) is 17.7 Å². The second kappa shape index (κ2) is 7.36. The first kappa shape index (κ1) is 18.2. The van der Waals surface area contributed by atoms with Crippen molar-refractivity contribution in [2.24, 2.45) is 7.05 Å². The summed E-state index contributed by atoms with van der Waals surface area (Å²) in [6.07, 6.45) is -3.89. The van der Waals surface area contributed by atoms with Gasteiger partial charge in [0, 0.05) is 25.1 Å². The molecule has 1 N–H and O–H groups in total. The molecule has 1 aromatic carbocycles. The standard InChI is InChI=1S/C17H18F3N3O3/c1-23-15(9-14(22-23)17(18,19)20)21-16(24)8-11-4-2-3-5-13(11)26-12-6-7-25-10-12/h2-5,9,12H,6-8,10H2,1H3,(H,21,24). The average molecular weight is 369 g/mol. The average Bonchev–Trinajstić information content (AvgIpc) is 3.19. The van der Waals surface area contributed by atoms with Gasteiger partial charge in [-0.25, -0.2) is 0 Å². The molecule has 1 fully saturated rings. The molecule has 0 aliphatic carbocycles. The summed E-state index contributed by atoms with van der Waals surface area (Å²) in [6.45, 7) is 1.13. The Bertz CT molecular complexity index is 783. The van der Waals surface area contributed by atoms with Crippen LogP contribution in [0.4, 0.5) is 19.0 Å². The predicted molar refractivity (Wildman–Crippen MR) is 86.8 cm³/mol. The normalized spacial score (nSPS) is 17.3. The third-order valence-corrected chi connectivity index (χ3v) is 3.94. The molecule has 26 heavy (non-hydrogen) atoms. The Morgan fingerprint density at radius 3 is 2.85 bits per heavy atom. The highest BCUT2D eigenvalue weighted by atomic mass is 19.4. The van der Waals surface area contributed by atoms with Crippen molar-refractivity contribution in [1.82, 2.24) is 9.78 Å². The Balaban J connectivity index is 1.68. The second-order valence-electron chi connectivity index (χ2n) is 5.97. The molecule has 1 saturated heterocycles. The number of ether oxygens (including phenoxy) is 2. The Morgan fingerprint density at radius 1 is 1.42 bits per heavy atom. The van der Waals surface area contributed by atoms with E-state index in [1.165, 1.54) is 7.05 Å². The third kappa shape index (κ3) is 4.34. The molecule has 0 spiro atoms. The Labute approximate surface area is 147 Å². The van der Waals surface area contributed by atoms with Gasteiger partial charge in [-0.1, -0.05) is 18.2 Å². The number of carbonyl (C=O) groups excluding carboxylic acids is 1. The summed E-state index contributed by atoms with van der Waals surface area (Å²) in [5.74, 6) is 0.0875. The van der Waals surface area contributed by atoms with Crippen LogP contribution in [-0.4, -0.2) is 35.0 Å². The second-order valence-corrected chi connectivity index (χ2v) is 5.97. The van der Waals surface area contributed by atoms with Crippen LogP contribution in [0.15, 0.2) is 30.3 Å². The van der Waals surface area contributed by atoms with Crippen LogP contribution in [0.5, 0.6) is 5.75 Å². The highest BCUT2D eigenvalue weighted by Crippen LogP contribution is 2.30. The number of rotatable bonds is 5. The molecule has 1 aromatic heterocycles. The minimum absolute atomic E-state index is 0.0232. The number of para-hydroxylation sites is 1. The lowest BCUT2D eigenvalue weighted by Crippen LogP contribution is -2.19. The number of amides is 1. The van der Waals surface area contributed by atoms with Crippen LogP contribution in [0.3, 0.4) is 0 Å². The van der Waals surface area contributed by atoms with Gasteiger partial charge in [0.1, 0.15) is 17.7 Å². The van der Waals surface area contributed by atoms with Gasteiger partial charge in [-0.15, -0.1) is 0 Å². The number of nitrogens with one attached hydrogen (secondary N) is 1. The van der Waals surface area contributed by atoms with E-state index in [0.29, 0.717) is 24.5 Å². The fourth-order valence-electron chi connectivity index (χ4n) is 2.63. The molecule has 1 atom stereocenters. The van der Waals surface area contributed by atoms with Gasteiger partial charge in [0.05, 0.1) is 19.6 Å². The van der Waals surface area contributed by atoms with Crippen molar-refractivity contribution in [2.75, 3.05) is 18.5 Å². The molecule has 6 nitrogen and oxygen atoms in total. The number of hydrogen-bond donors (Lipinski definition) is 1. The summed E-state index contributed by atoms with van der Waals surface area (Å²) in [5, 5.41) is 5.82. The molecule has 2 aromatic rings. The van der Waals surface area contributed by atoms with Crippen LogP contribution in [0, 0.1) is 0 Å². The number of benzene rings is 1. The smallest absolute Gasteiger partial charge is 0.435 e. The van der Waals surface area contributed by atoms with Crippen molar-refractivity contribution in [3.05, 3.63) is 41.6 Å². The van der Waals surface area contributed by atoms with Crippen LogP contribution in [0.2, 0.25) is 0 Å². The van der Waals surface area contributed by atoms with Crippen molar-refractivity contribution in [1.29, 1.82) is 0 Å². The number of hydrogen-bond acceptors (Lipinski definition) is 4. The minimum atomic E-state index is -4.56. The monoisotopic (exact) mass is 369 g/mol. The summed E-state index contributed by atoms with van der Waals surface area (Å²) in [6, 6.07) is 7.87. The topological polar surface area (TPSA) is 65.4 Å². The van der Waals surface area contributed by atoms with Crippen molar-refractivity contribution >= 4 is 11.7 Å². The van der Waals surface area contributed by atoms with Crippen LogP contribution in [-0.2, 0) is 29.2 Å². The van der Waals surface area contributed by atoms with Gasteiger partial charge in [0.25, 0.3) is 0 Å². The first-order valence-corrected chi connectivity index (χ1v) is 8.06. The number of aromatic nitrogens is 2. The molecule has 3 rings (SSSR count). The first-order valence-electron chi connectivity index (χ1n) is 8.06.